The van der Waals surface area contributed by atoms with Gasteiger partial charge in [-0.25, -0.2) is 0 Å². The number of nitrogens with two attached hydrogens (primary N) is 1. The average Bonchev–Trinajstić information content (AvgIpc) is 2.63. The number of alkyl halides is 3. The fourth-order valence-electron chi connectivity index (χ4n) is 2.02. The minimum Gasteiger partial charge on any atom is -0.369 e. The summed E-state index contributed by atoms with van der Waals surface area (Å²) in [6, 6.07) is 4.18. The summed E-state index contributed by atoms with van der Waals surface area (Å²) in [5.41, 5.74) is 5.33. The van der Waals surface area contributed by atoms with Crippen LogP contribution < -0.4 is 10.6 Å². The van der Waals surface area contributed by atoms with Crippen molar-refractivity contribution in [3.8, 4) is 0 Å². The first-order valence-corrected chi connectivity index (χ1v) is 6.04. The van der Waals surface area contributed by atoms with E-state index in [9.17, 15) is 13.2 Å². The lowest BCUT2D eigenvalue weighted by atomic mass is 10.1. The van der Waals surface area contributed by atoms with Crippen molar-refractivity contribution >= 4 is 21.6 Å². The number of nitrogens with zero attached hydrogens (tertiary/aromatic N) is 1. The summed E-state index contributed by atoms with van der Waals surface area (Å²) in [6.07, 6.45) is -3.61. The molecule has 0 aliphatic carbocycles. The molecule has 1 atom stereocenters. The van der Waals surface area contributed by atoms with Gasteiger partial charge in [0.15, 0.2) is 0 Å². The molecule has 1 aromatic carbocycles. The summed E-state index contributed by atoms with van der Waals surface area (Å²) in [7, 11) is 0. The van der Waals surface area contributed by atoms with Gasteiger partial charge in [0.05, 0.1) is 5.56 Å². The molecule has 0 bridgehead atoms. The van der Waals surface area contributed by atoms with Crippen LogP contribution in [-0.4, -0.2) is 19.1 Å². The van der Waals surface area contributed by atoms with Crippen LogP contribution in [0.4, 0.5) is 18.9 Å². The highest BCUT2D eigenvalue weighted by Crippen LogP contribution is 2.39. The maximum atomic E-state index is 12.9. The zero-order valence-electron chi connectivity index (χ0n) is 8.97. The molecule has 0 radical (unpaired) electrons. The molecule has 2 N–H and O–H groups in total. The lowest BCUT2D eigenvalue weighted by molar-refractivity contribution is -0.137. The lowest BCUT2D eigenvalue weighted by Gasteiger charge is -2.23. The summed E-state index contributed by atoms with van der Waals surface area (Å²) in [5, 5.41) is 0. The van der Waals surface area contributed by atoms with Gasteiger partial charge in [0, 0.05) is 29.3 Å². The molecule has 94 valence electrons. The Morgan fingerprint density at radius 3 is 2.59 bits per heavy atom. The normalized spacial score (nSPS) is 21.0. The molecule has 1 aliphatic rings. The van der Waals surface area contributed by atoms with Crippen LogP contribution in [0.3, 0.4) is 0 Å². The predicted octanol–water partition coefficient (Wildman–Crippen LogP) is 3.01. The third kappa shape index (κ3) is 2.74. The highest BCUT2D eigenvalue weighted by atomic mass is 79.9. The first-order chi connectivity index (χ1) is 7.88. The number of benzene rings is 1. The van der Waals surface area contributed by atoms with Gasteiger partial charge in [0.1, 0.15) is 0 Å². The van der Waals surface area contributed by atoms with Gasteiger partial charge in [-0.2, -0.15) is 13.2 Å². The van der Waals surface area contributed by atoms with Crippen molar-refractivity contribution in [2.45, 2.75) is 18.6 Å². The second-order valence-electron chi connectivity index (χ2n) is 4.15. The third-order valence-corrected chi connectivity index (χ3v) is 3.32. The van der Waals surface area contributed by atoms with Crippen molar-refractivity contribution in [2.24, 2.45) is 5.73 Å². The van der Waals surface area contributed by atoms with Crippen molar-refractivity contribution in [2.75, 3.05) is 18.0 Å². The summed E-state index contributed by atoms with van der Waals surface area (Å²) in [5.74, 6) is 0. The zero-order chi connectivity index (χ0) is 12.6. The molecule has 1 aliphatic heterocycles. The monoisotopic (exact) mass is 308 g/mol. The molecule has 1 aromatic rings. The maximum Gasteiger partial charge on any atom is 0.418 e. The largest absolute Gasteiger partial charge is 0.418 e. The van der Waals surface area contributed by atoms with Crippen molar-refractivity contribution < 1.29 is 13.2 Å². The molecule has 0 spiro atoms. The highest BCUT2D eigenvalue weighted by molar-refractivity contribution is 9.10. The Labute approximate surface area is 106 Å². The van der Waals surface area contributed by atoms with Gasteiger partial charge in [0.25, 0.3) is 0 Å². The first kappa shape index (κ1) is 12.7. The van der Waals surface area contributed by atoms with Crippen LogP contribution in [0.15, 0.2) is 22.7 Å². The van der Waals surface area contributed by atoms with Gasteiger partial charge in [-0.1, -0.05) is 15.9 Å². The molecule has 1 fully saturated rings. The van der Waals surface area contributed by atoms with E-state index in [0.717, 1.165) is 12.5 Å². The molecule has 2 nitrogen and oxygen atoms in total. The number of hydrogen-bond donors (Lipinski definition) is 1. The van der Waals surface area contributed by atoms with Crippen LogP contribution in [0, 0.1) is 0 Å². The van der Waals surface area contributed by atoms with Gasteiger partial charge < -0.3 is 10.6 Å². The Morgan fingerprint density at radius 1 is 1.35 bits per heavy atom. The van der Waals surface area contributed by atoms with E-state index in [2.05, 4.69) is 15.9 Å². The van der Waals surface area contributed by atoms with E-state index in [0.29, 0.717) is 17.6 Å². The molecular formula is C11H12BrF3N2. The molecule has 0 saturated carbocycles. The number of anilines is 1. The SMILES string of the molecule is NC1CCN(c2ccc(Br)cc2C(F)(F)F)C1. The number of hydrogen-bond acceptors (Lipinski definition) is 2. The van der Waals surface area contributed by atoms with Gasteiger partial charge in [-0.15, -0.1) is 0 Å². The maximum absolute atomic E-state index is 12.9. The average molecular weight is 309 g/mol. The van der Waals surface area contributed by atoms with Gasteiger partial charge in [-0.3, -0.25) is 0 Å². The van der Waals surface area contributed by atoms with Crippen LogP contribution in [-0.2, 0) is 6.18 Å². The molecule has 0 aromatic heterocycles. The number of halogens is 4. The smallest absolute Gasteiger partial charge is 0.369 e. The van der Waals surface area contributed by atoms with E-state index in [1.807, 2.05) is 0 Å². The molecule has 1 heterocycles. The molecule has 2 rings (SSSR count). The summed E-state index contributed by atoms with van der Waals surface area (Å²) in [4.78, 5) is 1.69. The highest BCUT2D eigenvalue weighted by Gasteiger charge is 2.36. The number of rotatable bonds is 1. The van der Waals surface area contributed by atoms with Crippen LogP contribution >= 0.6 is 15.9 Å². The predicted molar refractivity (Wildman–Crippen MR) is 63.9 cm³/mol. The van der Waals surface area contributed by atoms with Crippen molar-refractivity contribution in [3.05, 3.63) is 28.2 Å². The van der Waals surface area contributed by atoms with Crippen LogP contribution in [0.25, 0.3) is 0 Å². The standard InChI is InChI=1S/C11H12BrF3N2/c12-7-1-2-10(9(5-7)11(13,14)15)17-4-3-8(16)6-17/h1-2,5,8H,3-4,6,16H2. The Hall–Kier alpha value is -0.750. The minimum atomic E-state index is -4.34. The van der Waals surface area contributed by atoms with E-state index in [4.69, 9.17) is 5.73 Å². The van der Waals surface area contributed by atoms with Crippen molar-refractivity contribution in [1.82, 2.24) is 0 Å². The topological polar surface area (TPSA) is 29.3 Å². The fourth-order valence-corrected chi connectivity index (χ4v) is 2.38. The van der Waals surface area contributed by atoms with Gasteiger partial charge in [-0.05, 0) is 24.6 Å². The van der Waals surface area contributed by atoms with Crippen LogP contribution in [0.1, 0.15) is 12.0 Å². The van der Waals surface area contributed by atoms with Gasteiger partial charge in [0.2, 0.25) is 0 Å². The molecular weight excluding hydrogens is 297 g/mol. The Morgan fingerprint density at radius 2 is 2.06 bits per heavy atom. The lowest BCUT2D eigenvalue weighted by Crippen LogP contribution is -2.28. The fraction of sp³-hybridized carbons (Fsp3) is 0.455. The Bertz CT molecular complexity index is 420. The molecule has 6 heteroatoms. The van der Waals surface area contributed by atoms with Crippen molar-refractivity contribution in [1.29, 1.82) is 0 Å². The van der Waals surface area contributed by atoms with E-state index < -0.39 is 11.7 Å². The van der Waals surface area contributed by atoms with E-state index >= 15 is 0 Å². The van der Waals surface area contributed by atoms with Gasteiger partial charge >= 0.3 is 6.18 Å². The Balaban J connectivity index is 2.39. The first-order valence-electron chi connectivity index (χ1n) is 5.25. The van der Waals surface area contributed by atoms with Crippen LogP contribution in [0.5, 0.6) is 0 Å². The molecule has 0 amide bonds. The summed E-state index contributed by atoms with van der Waals surface area (Å²) < 4.78 is 39.1. The van der Waals surface area contributed by atoms with E-state index in [1.165, 1.54) is 6.07 Å². The summed E-state index contributed by atoms with van der Waals surface area (Å²) >= 11 is 3.07. The van der Waals surface area contributed by atoms with E-state index in [1.54, 1.807) is 11.0 Å². The quantitative estimate of drug-likeness (QED) is 0.864. The molecule has 17 heavy (non-hydrogen) atoms. The second-order valence-corrected chi connectivity index (χ2v) is 5.07. The van der Waals surface area contributed by atoms with Crippen LogP contribution in [0.2, 0.25) is 0 Å². The minimum absolute atomic E-state index is 0.0419. The van der Waals surface area contributed by atoms with E-state index in [-0.39, 0.29) is 11.7 Å². The summed E-state index contributed by atoms with van der Waals surface area (Å²) in [6.45, 7) is 1.05. The molecule has 1 saturated heterocycles. The third-order valence-electron chi connectivity index (χ3n) is 2.83. The van der Waals surface area contributed by atoms with Crippen molar-refractivity contribution in [3.63, 3.8) is 0 Å². The zero-order valence-corrected chi connectivity index (χ0v) is 10.6. The molecule has 1 unspecified atom stereocenters. The second kappa shape index (κ2) is 4.49. The Kier molecular flexibility index (Phi) is 3.36.